The predicted octanol–water partition coefficient (Wildman–Crippen LogP) is 5.37. The minimum atomic E-state index is -0.113. The van der Waals surface area contributed by atoms with Gasteiger partial charge in [0.25, 0.3) is 0 Å². The Morgan fingerprint density at radius 1 is 1.00 bits per heavy atom. The summed E-state index contributed by atoms with van der Waals surface area (Å²) in [5.74, 6) is 0. The highest BCUT2D eigenvalue weighted by molar-refractivity contribution is 5.23. The molecular formula is C20H25NO. The third-order valence-electron chi connectivity index (χ3n) is 3.69. The lowest BCUT2D eigenvalue weighted by Gasteiger charge is -2.24. The molecule has 2 aromatic carbocycles. The Balaban J connectivity index is 2.11. The van der Waals surface area contributed by atoms with E-state index in [9.17, 15) is 5.21 Å². The molecule has 0 aliphatic rings. The minimum Gasteiger partial charge on any atom is -0.313 e. The number of benzene rings is 2. The number of allylic oxidation sites excluding steroid dienone is 1. The van der Waals surface area contributed by atoms with E-state index in [-0.39, 0.29) is 6.04 Å². The minimum absolute atomic E-state index is 0.113. The van der Waals surface area contributed by atoms with Crippen LogP contribution in [0.15, 0.2) is 72.8 Å². The number of hydrogen-bond acceptors (Lipinski definition) is 2. The van der Waals surface area contributed by atoms with Gasteiger partial charge in [-0.15, -0.1) is 0 Å². The molecule has 0 heterocycles. The molecule has 1 unspecified atom stereocenters. The first-order valence-corrected chi connectivity index (χ1v) is 8.02. The van der Waals surface area contributed by atoms with Gasteiger partial charge in [0.2, 0.25) is 0 Å². The Hall–Kier alpha value is -1.90. The standard InChI is InChI=1S/C20H25NO/c1-2-3-4-11-16-20(19-14-9-6-10-15-19)21(22)17-18-12-7-5-8-13-18/h5-16,20,22H,2-4,17H2,1H3/b16-11+. The van der Waals surface area contributed by atoms with E-state index < -0.39 is 0 Å². The van der Waals surface area contributed by atoms with Crippen molar-refractivity contribution in [1.82, 2.24) is 5.06 Å². The van der Waals surface area contributed by atoms with E-state index in [0.29, 0.717) is 6.54 Å². The monoisotopic (exact) mass is 295 g/mol. The second kappa shape index (κ2) is 9.19. The van der Waals surface area contributed by atoms with Crippen LogP contribution in [-0.2, 0) is 6.54 Å². The molecule has 1 N–H and O–H groups in total. The van der Waals surface area contributed by atoms with Crippen LogP contribution in [0.3, 0.4) is 0 Å². The molecular weight excluding hydrogens is 270 g/mol. The summed E-state index contributed by atoms with van der Waals surface area (Å²) < 4.78 is 0. The van der Waals surface area contributed by atoms with Gasteiger partial charge in [0.05, 0.1) is 6.04 Å². The Morgan fingerprint density at radius 3 is 2.27 bits per heavy atom. The van der Waals surface area contributed by atoms with Crippen LogP contribution >= 0.6 is 0 Å². The average molecular weight is 295 g/mol. The van der Waals surface area contributed by atoms with Crippen LogP contribution in [0.2, 0.25) is 0 Å². The van der Waals surface area contributed by atoms with Crippen molar-refractivity contribution in [3.8, 4) is 0 Å². The predicted molar refractivity (Wildman–Crippen MR) is 91.6 cm³/mol. The van der Waals surface area contributed by atoms with Crippen LogP contribution in [0.4, 0.5) is 0 Å². The van der Waals surface area contributed by atoms with Crippen molar-refractivity contribution < 1.29 is 5.21 Å². The van der Waals surface area contributed by atoms with Crippen LogP contribution in [0, 0.1) is 0 Å². The lowest BCUT2D eigenvalue weighted by Crippen LogP contribution is -2.23. The van der Waals surface area contributed by atoms with E-state index >= 15 is 0 Å². The SMILES string of the molecule is CCCC/C=C/C(c1ccccc1)N(O)Cc1ccccc1. The van der Waals surface area contributed by atoms with Crippen LogP contribution < -0.4 is 0 Å². The molecule has 0 bridgehead atoms. The summed E-state index contributed by atoms with van der Waals surface area (Å²) in [5.41, 5.74) is 2.21. The molecule has 22 heavy (non-hydrogen) atoms. The maximum atomic E-state index is 10.6. The molecule has 0 saturated heterocycles. The fourth-order valence-electron chi connectivity index (χ4n) is 2.45. The summed E-state index contributed by atoms with van der Waals surface area (Å²) >= 11 is 0. The van der Waals surface area contributed by atoms with E-state index in [1.165, 1.54) is 17.9 Å². The van der Waals surface area contributed by atoms with E-state index in [0.717, 1.165) is 17.5 Å². The Bertz CT molecular complexity index is 550. The van der Waals surface area contributed by atoms with E-state index in [2.05, 4.69) is 31.2 Å². The zero-order valence-corrected chi connectivity index (χ0v) is 13.2. The lowest BCUT2D eigenvalue weighted by molar-refractivity contribution is -0.123. The quantitative estimate of drug-likeness (QED) is 0.402. The highest BCUT2D eigenvalue weighted by Gasteiger charge is 2.15. The Morgan fingerprint density at radius 2 is 1.64 bits per heavy atom. The molecule has 2 aromatic rings. The smallest absolute Gasteiger partial charge is 0.0784 e. The number of hydroxylamine groups is 2. The average Bonchev–Trinajstić information content (AvgIpc) is 2.56. The third-order valence-corrected chi connectivity index (χ3v) is 3.69. The lowest BCUT2D eigenvalue weighted by atomic mass is 10.0. The Kier molecular flexibility index (Phi) is 6.88. The zero-order chi connectivity index (χ0) is 15.6. The van der Waals surface area contributed by atoms with Gasteiger partial charge < -0.3 is 5.21 Å². The molecule has 0 aliphatic carbocycles. The number of rotatable bonds is 8. The molecule has 0 aromatic heterocycles. The summed E-state index contributed by atoms with van der Waals surface area (Å²) in [6.07, 6.45) is 7.71. The number of hydrogen-bond donors (Lipinski definition) is 1. The van der Waals surface area contributed by atoms with Gasteiger partial charge >= 0.3 is 0 Å². The first-order chi connectivity index (χ1) is 10.8. The largest absolute Gasteiger partial charge is 0.313 e. The topological polar surface area (TPSA) is 23.5 Å². The van der Waals surface area contributed by atoms with E-state index in [1.54, 1.807) is 0 Å². The molecule has 2 heteroatoms. The highest BCUT2D eigenvalue weighted by Crippen LogP contribution is 2.23. The molecule has 0 aliphatic heterocycles. The first-order valence-electron chi connectivity index (χ1n) is 8.02. The van der Waals surface area contributed by atoms with Gasteiger partial charge in [-0.25, -0.2) is 0 Å². The third kappa shape index (κ3) is 5.14. The first kappa shape index (κ1) is 16.5. The Labute approximate surface area is 133 Å². The van der Waals surface area contributed by atoms with E-state index in [4.69, 9.17) is 0 Å². The summed E-state index contributed by atoms with van der Waals surface area (Å²) in [7, 11) is 0. The van der Waals surface area contributed by atoms with Gasteiger partial charge in [-0.2, -0.15) is 5.06 Å². The summed E-state index contributed by atoms with van der Waals surface area (Å²) in [6, 6.07) is 20.1. The molecule has 2 nitrogen and oxygen atoms in total. The maximum Gasteiger partial charge on any atom is 0.0784 e. The van der Waals surface area contributed by atoms with Crippen molar-refractivity contribution >= 4 is 0 Å². The van der Waals surface area contributed by atoms with Crippen molar-refractivity contribution in [2.45, 2.75) is 38.8 Å². The molecule has 1 atom stereocenters. The summed E-state index contributed by atoms with van der Waals surface area (Å²) in [6.45, 7) is 2.70. The maximum absolute atomic E-state index is 10.6. The molecule has 2 rings (SSSR count). The molecule has 116 valence electrons. The van der Waals surface area contributed by atoms with Gasteiger partial charge in [0, 0.05) is 6.54 Å². The molecule has 0 saturated carbocycles. The van der Waals surface area contributed by atoms with Crippen LogP contribution in [0.5, 0.6) is 0 Å². The molecule has 0 spiro atoms. The van der Waals surface area contributed by atoms with Crippen molar-refractivity contribution in [2.24, 2.45) is 0 Å². The van der Waals surface area contributed by atoms with Crippen LogP contribution in [-0.4, -0.2) is 10.3 Å². The van der Waals surface area contributed by atoms with Crippen molar-refractivity contribution in [2.75, 3.05) is 0 Å². The van der Waals surface area contributed by atoms with Crippen LogP contribution in [0.1, 0.15) is 43.4 Å². The van der Waals surface area contributed by atoms with Gasteiger partial charge in [0.1, 0.15) is 0 Å². The fourth-order valence-corrected chi connectivity index (χ4v) is 2.45. The zero-order valence-electron chi connectivity index (χ0n) is 13.2. The second-order valence-corrected chi connectivity index (χ2v) is 5.51. The van der Waals surface area contributed by atoms with Crippen molar-refractivity contribution in [3.05, 3.63) is 83.9 Å². The molecule has 0 fully saturated rings. The van der Waals surface area contributed by atoms with Gasteiger partial charge in [-0.05, 0) is 17.5 Å². The fraction of sp³-hybridized carbons (Fsp3) is 0.300. The number of unbranched alkanes of at least 4 members (excludes halogenated alkanes) is 2. The van der Waals surface area contributed by atoms with Gasteiger partial charge in [0.15, 0.2) is 0 Å². The number of nitrogens with zero attached hydrogens (tertiary/aromatic N) is 1. The summed E-state index contributed by atoms with van der Waals surface area (Å²) in [5, 5.41) is 12.0. The molecule has 0 radical (unpaired) electrons. The normalized spacial score (nSPS) is 12.9. The second-order valence-electron chi connectivity index (χ2n) is 5.51. The highest BCUT2D eigenvalue weighted by atomic mass is 16.5. The van der Waals surface area contributed by atoms with Gasteiger partial charge in [-0.3, -0.25) is 0 Å². The van der Waals surface area contributed by atoms with E-state index in [1.807, 2.05) is 48.5 Å². The van der Waals surface area contributed by atoms with Gasteiger partial charge in [-0.1, -0.05) is 92.6 Å². The molecule has 0 amide bonds. The van der Waals surface area contributed by atoms with Crippen LogP contribution in [0.25, 0.3) is 0 Å². The summed E-state index contributed by atoms with van der Waals surface area (Å²) in [4.78, 5) is 0. The van der Waals surface area contributed by atoms with Crippen molar-refractivity contribution in [3.63, 3.8) is 0 Å². The van der Waals surface area contributed by atoms with Crippen molar-refractivity contribution in [1.29, 1.82) is 0 Å².